The van der Waals surface area contributed by atoms with E-state index in [-0.39, 0.29) is 5.56 Å². The Bertz CT molecular complexity index is 589. The molecule has 1 N–H and O–H groups in total. The minimum atomic E-state index is -1.13. The molecule has 0 aliphatic rings. The third-order valence-corrected chi connectivity index (χ3v) is 3.90. The minimum Gasteiger partial charge on any atom is -0.384 e. The third-order valence-electron chi connectivity index (χ3n) is 2.51. The Balaban J connectivity index is 2.47. The highest BCUT2D eigenvalue weighted by Gasteiger charge is 2.18. The number of aliphatic hydroxyl groups excluding tert-OH is 1. The van der Waals surface area contributed by atoms with Crippen LogP contribution in [0.25, 0.3) is 0 Å². The normalized spacial score (nSPS) is 12.5. The monoisotopic (exact) mass is 424 g/mol. The Labute approximate surface area is 125 Å². The van der Waals surface area contributed by atoms with Crippen LogP contribution in [-0.4, -0.2) is 5.11 Å². The van der Waals surface area contributed by atoms with Crippen LogP contribution in [0, 0.1) is 15.2 Å². The van der Waals surface area contributed by atoms with Crippen molar-refractivity contribution in [1.82, 2.24) is 0 Å². The van der Waals surface area contributed by atoms with Crippen molar-refractivity contribution in [1.29, 1.82) is 0 Å². The van der Waals surface area contributed by atoms with E-state index in [0.717, 1.165) is 15.7 Å². The van der Waals surface area contributed by atoms with Gasteiger partial charge in [0.25, 0.3) is 0 Å². The van der Waals surface area contributed by atoms with Crippen LogP contribution in [0.1, 0.15) is 17.2 Å². The summed E-state index contributed by atoms with van der Waals surface area (Å²) in [6.45, 7) is 0. The highest BCUT2D eigenvalue weighted by atomic mass is 127. The van der Waals surface area contributed by atoms with Crippen LogP contribution in [0.4, 0.5) is 8.78 Å². The SMILES string of the molecule is OC(c1ccc(F)cc1F)c1cc(I)ccc1Br. The van der Waals surface area contributed by atoms with Gasteiger partial charge >= 0.3 is 0 Å². The molecule has 1 nitrogen and oxygen atoms in total. The van der Waals surface area contributed by atoms with Gasteiger partial charge in [-0.05, 0) is 46.9 Å². The topological polar surface area (TPSA) is 20.2 Å². The van der Waals surface area contributed by atoms with Crippen molar-refractivity contribution >= 4 is 38.5 Å². The number of benzene rings is 2. The highest BCUT2D eigenvalue weighted by molar-refractivity contribution is 14.1. The molecule has 2 aromatic carbocycles. The Kier molecular flexibility index (Phi) is 4.34. The van der Waals surface area contributed by atoms with E-state index in [1.165, 1.54) is 6.07 Å². The molecule has 1 atom stereocenters. The van der Waals surface area contributed by atoms with Crippen LogP contribution < -0.4 is 0 Å². The molecule has 0 amide bonds. The van der Waals surface area contributed by atoms with Crippen LogP contribution in [-0.2, 0) is 0 Å². The molecule has 0 bridgehead atoms. The molecule has 0 spiro atoms. The molecule has 0 aliphatic carbocycles. The van der Waals surface area contributed by atoms with Crippen LogP contribution >= 0.6 is 38.5 Å². The first-order valence-electron chi connectivity index (χ1n) is 5.07. The number of halogens is 4. The van der Waals surface area contributed by atoms with Gasteiger partial charge in [-0.3, -0.25) is 0 Å². The molecule has 0 saturated carbocycles. The molecule has 0 fully saturated rings. The molecule has 0 aliphatic heterocycles. The van der Waals surface area contributed by atoms with E-state index in [9.17, 15) is 13.9 Å². The summed E-state index contributed by atoms with van der Waals surface area (Å²) in [7, 11) is 0. The largest absolute Gasteiger partial charge is 0.384 e. The number of hydrogen-bond donors (Lipinski definition) is 1. The number of rotatable bonds is 2. The van der Waals surface area contributed by atoms with Crippen molar-refractivity contribution in [2.24, 2.45) is 0 Å². The Morgan fingerprint density at radius 1 is 1.06 bits per heavy atom. The van der Waals surface area contributed by atoms with E-state index in [1.54, 1.807) is 12.1 Å². The van der Waals surface area contributed by atoms with Gasteiger partial charge in [-0.2, -0.15) is 0 Å². The maximum absolute atomic E-state index is 13.6. The molecule has 18 heavy (non-hydrogen) atoms. The van der Waals surface area contributed by atoms with E-state index in [2.05, 4.69) is 38.5 Å². The van der Waals surface area contributed by atoms with Crippen molar-refractivity contribution in [3.63, 3.8) is 0 Å². The second kappa shape index (κ2) is 5.63. The van der Waals surface area contributed by atoms with Gasteiger partial charge in [0, 0.05) is 25.2 Å². The molecule has 0 heterocycles. The molecule has 2 rings (SSSR count). The van der Waals surface area contributed by atoms with Crippen molar-refractivity contribution in [3.8, 4) is 0 Å². The second-order valence-electron chi connectivity index (χ2n) is 3.73. The summed E-state index contributed by atoms with van der Waals surface area (Å²) in [5.41, 5.74) is 0.603. The summed E-state index contributed by atoms with van der Waals surface area (Å²) < 4.78 is 28.0. The molecule has 2 aromatic rings. The molecule has 0 radical (unpaired) electrons. The predicted octanol–water partition coefficient (Wildman–Crippen LogP) is 4.41. The van der Waals surface area contributed by atoms with Gasteiger partial charge in [-0.15, -0.1) is 0 Å². The van der Waals surface area contributed by atoms with Gasteiger partial charge in [0.1, 0.15) is 17.7 Å². The fourth-order valence-electron chi connectivity index (χ4n) is 1.61. The first kappa shape index (κ1) is 13.9. The third kappa shape index (κ3) is 2.89. The predicted molar refractivity (Wildman–Crippen MR) is 77.3 cm³/mol. The van der Waals surface area contributed by atoms with E-state index >= 15 is 0 Å². The lowest BCUT2D eigenvalue weighted by molar-refractivity contribution is 0.214. The molecule has 1 unspecified atom stereocenters. The second-order valence-corrected chi connectivity index (χ2v) is 5.83. The number of aliphatic hydroxyl groups is 1. The van der Waals surface area contributed by atoms with Gasteiger partial charge < -0.3 is 5.11 Å². The van der Waals surface area contributed by atoms with Gasteiger partial charge in [0.2, 0.25) is 0 Å². The maximum atomic E-state index is 13.6. The van der Waals surface area contributed by atoms with E-state index in [4.69, 9.17) is 0 Å². The summed E-state index contributed by atoms with van der Waals surface area (Å²) in [4.78, 5) is 0. The van der Waals surface area contributed by atoms with Crippen molar-refractivity contribution in [3.05, 3.63) is 67.2 Å². The lowest BCUT2D eigenvalue weighted by Crippen LogP contribution is -2.04. The summed E-state index contributed by atoms with van der Waals surface area (Å²) >= 11 is 5.41. The number of hydrogen-bond acceptors (Lipinski definition) is 1. The van der Waals surface area contributed by atoms with Crippen LogP contribution in [0.15, 0.2) is 40.9 Å². The molecule has 0 saturated heterocycles. The maximum Gasteiger partial charge on any atom is 0.132 e. The summed E-state index contributed by atoms with van der Waals surface area (Å²) in [5.74, 6) is -1.42. The first-order chi connectivity index (χ1) is 8.49. The quantitative estimate of drug-likeness (QED) is 0.708. The average Bonchev–Trinajstić information content (AvgIpc) is 2.31. The van der Waals surface area contributed by atoms with Gasteiger partial charge in [0.15, 0.2) is 0 Å². The summed E-state index contributed by atoms with van der Waals surface area (Å²) in [6, 6.07) is 8.53. The molecule has 94 valence electrons. The van der Waals surface area contributed by atoms with Gasteiger partial charge in [0.05, 0.1) is 0 Å². The zero-order valence-corrected chi connectivity index (χ0v) is 12.7. The van der Waals surface area contributed by atoms with Crippen molar-refractivity contribution in [2.45, 2.75) is 6.10 Å². The van der Waals surface area contributed by atoms with E-state index < -0.39 is 17.7 Å². The van der Waals surface area contributed by atoms with Gasteiger partial charge in [-0.25, -0.2) is 8.78 Å². The smallest absolute Gasteiger partial charge is 0.132 e. The average molecular weight is 425 g/mol. The molecule has 0 aromatic heterocycles. The minimum absolute atomic E-state index is 0.0547. The van der Waals surface area contributed by atoms with Gasteiger partial charge in [-0.1, -0.05) is 22.0 Å². The summed E-state index contributed by atoms with van der Waals surface area (Å²) in [6.07, 6.45) is -1.13. The molecular weight excluding hydrogens is 417 g/mol. The Hall–Kier alpha value is -0.530. The summed E-state index contributed by atoms with van der Waals surface area (Å²) in [5, 5.41) is 10.2. The lowest BCUT2D eigenvalue weighted by Gasteiger charge is -2.14. The highest BCUT2D eigenvalue weighted by Crippen LogP contribution is 2.31. The van der Waals surface area contributed by atoms with E-state index in [1.807, 2.05) is 6.07 Å². The zero-order valence-electron chi connectivity index (χ0n) is 9.00. The Morgan fingerprint density at radius 2 is 1.78 bits per heavy atom. The van der Waals surface area contributed by atoms with Crippen LogP contribution in [0.5, 0.6) is 0 Å². The zero-order chi connectivity index (χ0) is 13.3. The first-order valence-corrected chi connectivity index (χ1v) is 6.94. The standard InChI is InChI=1S/C13H8BrF2IO/c14-11-4-2-8(17)6-10(11)13(18)9-3-1-7(15)5-12(9)16/h1-6,13,18H. The van der Waals surface area contributed by atoms with Crippen molar-refractivity contribution in [2.75, 3.05) is 0 Å². The Morgan fingerprint density at radius 3 is 2.44 bits per heavy atom. The van der Waals surface area contributed by atoms with Crippen LogP contribution in [0.2, 0.25) is 0 Å². The van der Waals surface area contributed by atoms with Crippen molar-refractivity contribution < 1.29 is 13.9 Å². The van der Waals surface area contributed by atoms with E-state index in [0.29, 0.717) is 10.0 Å². The fourth-order valence-corrected chi connectivity index (χ4v) is 2.59. The molecule has 5 heteroatoms. The lowest BCUT2D eigenvalue weighted by atomic mass is 10.0. The fraction of sp³-hybridized carbons (Fsp3) is 0.0769. The molecular formula is C13H8BrF2IO. The van der Waals surface area contributed by atoms with Crippen LogP contribution in [0.3, 0.4) is 0 Å².